The highest BCUT2D eigenvalue weighted by Gasteiger charge is 2.32. The maximum Gasteiger partial charge on any atom is 0.315 e. The van der Waals surface area contributed by atoms with Crippen LogP contribution in [0.5, 0.6) is 0 Å². The molecule has 26 heavy (non-hydrogen) atoms. The smallest absolute Gasteiger partial charge is 0.315 e. The molecule has 7 nitrogen and oxygen atoms in total. The highest BCUT2D eigenvalue weighted by molar-refractivity contribution is 5.77. The molecule has 0 bridgehead atoms. The minimum atomic E-state index is -0.101. The number of aryl methyl sites for hydroxylation is 1. The molecule has 0 aromatic carbocycles. The molecular weight excluding hydrogens is 330 g/mol. The minimum Gasteiger partial charge on any atom is -0.338 e. The first-order valence-corrected chi connectivity index (χ1v) is 9.93. The maximum atomic E-state index is 12.6. The highest BCUT2D eigenvalue weighted by Crippen LogP contribution is 2.28. The summed E-state index contributed by atoms with van der Waals surface area (Å²) in [6, 6.07) is 0.576. The number of nitrogens with one attached hydrogen (secondary N) is 2. The van der Waals surface area contributed by atoms with Crippen LogP contribution < -0.4 is 10.6 Å². The second kappa shape index (κ2) is 9.05. The van der Waals surface area contributed by atoms with E-state index in [4.69, 9.17) is 0 Å². The zero-order valence-electron chi connectivity index (χ0n) is 15.7. The predicted molar refractivity (Wildman–Crippen MR) is 99.4 cm³/mol. The third kappa shape index (κ3) is 5.47. The second-order valence-corrected chi connectivity index (χ2v) is 7.55. The van der Waals surface area contributed by atoms with Crippen molar-refractivity contribution in [3.05, 3.63) is 18.2 Å². The van der Waals surface area contributed by atoms with Gasteiger partial charge in [0.15, 0.2) is 0 Å². The minimum absolute atomic E-state index is 0.101. The Hall–Kier alpha value is -2.05. The normalized spacial score (nSPS) is 17.7. The average Bonchev–Trinajstić information content (AvgIpc) is 3.40. The molecule has 0 atom stereocenters. The van der Waals surface area contributed by atoms with Crippen LogP contribution in [0.15, 0.2) is 12.4 Å². The Labute approximate surface area is 155 Å². The van der Waals surface area contributed by atoms with E-state index in [1.807, 2.05) is 22.7 Å². The summed E-state index contributed by atoms with van der Waals surface area (Å²) >= 11 is 0. The van der Waals surface area contributed by atoms with Crippen molar-refractivity contribution < 1.29 is 9.59 Å². The number of rotatable bonds is 8. The Kier molecular flexibility index (Phi) is 6.52. The molecule has 2 fully saturated rings. The molecule has 2 N–H and O–H groups in total. The number of nitrogens with zero attached hydrogens (tertiary/aromatic N) is 3. The van der Waals surface area contributed by atoms with Crippen LogP contribution in [0, 0.1) is 0 Å². The molecule has 0 saturated heterocycles. The van der Waals surface area contributed by atoms with Gasteiger partial charge in [-0.25, -0.2) is 9.78 Å². The monoisotopic (exact) mass is 361 g/mol. The van der Waals surface area contributed by atoms with E-state index in [1.54, 1.807) is 6.20 Å². The maximum absolute atomic E-state index is 12.6. The summed E-state index contributed by atoms with van der Waals surface area (Å²) in [5, 5.41) is 5.92. The number of amides is 3. The van der Waals surface area contributed by atoms with E-state index in [2.05, 4.69) is 15.6 Å². The summed E-state index contributed by atoms with van der Waals surface area (Å²) in [5.74, 6) is 1.07. The Morgan fingerprint density at radius 3 is 2.65 bits per heavy atom. The van der Waals surface area contributed by atoms with Crippen molar-refractivity contribution in [3.63, 3.8) is 0 Å². The number of carbonyl (C=O) groups is 2. The van der Waals surface area contributed by atoms with E-state index >= 15 is 0 Å². The van der Waals surface area contributed by atoms with Gasteiger partial charge in [-0.1, -0.05) is 19.3 Å². The first kappa shape index (κ1) is 18.7. The SMILES string of the molecule is Cn1ccnc1CN(C(=O)CCCNC(=O)NC1CCCCC1)C1CC1. The highest BCUT2D eigenvalue weighted by atomic mass is 16.2. The predicted octanol–water partition coefficient (Wildman–Crippen LogP) is 2.32. The van der Waals surface area contributed by atoms with Crippen LogP contribution in [0.4, 0.5) is 4.79 Å². The van der Waals surface area contributed by atoms with Gasteiger partial charge in [0.05, 0.1) is 6.54 Å². The molecule has 0 unspecified atom stereocenters. The molecule has 7 heteroatoms. The van der Waals surface area contributed by atoms with Crippen molar-refractivity contribution in [1.29, 1.82) is 0 Å². The standard InChI is InChI=1S/C19H31N5O2/c1-23-13-12-20-17(23)14-24(16-9-10-16)18(25)8-5-11-21-19(26)22-15-6-3-2-4-7-15/h12-13,15-16H,2-11,14H2,1H3,(H2,21,22,26). The van der Waals surface area contributed by atoms with Gasteiger partial charge in [-0.2, -0.15) is 0 Å². The van der Waals surface area contributed by atoms with Crippen molar-refractivity contribution in [2.75, 3.05) is 6.54 Å². The summed E-state index contributed by atoms with van der Waals surface area (Å²) in [6.45, 7) is 1.10. The Balaban J connectivity index is 1.35. The molecule has 3 rings (SSSR count). The van der Waals surface area contributed by atoms with Gasteiger partial charge < -0.3 is 20.1 Å². The van der Waals surface area contributed by atoms with Gasteiger partial charge in [0.1, 0.15) is 5.82 Å². The molecule has 144 valence electrons. The molecule has 2 aliphatic rings. The number of aromatic nitrogens is 2. The van der Waals surface area contributed by atoms with Crippen LogP contribution in [0.2, 0.25) is 0 Å². The Morgan fingerprint density at radius 1 is 1.23 bits per heavy atom. The van der Waals surface area contributed by atoms with Gasteiger partial charge in [0.2, 0.25) is 5.91 Å². The van der Waals surface area contributed by atoms with E-state index in [1.165, 1.54) is 19.3 Å². The fraction of sp³-hybridized carbons (Fsp3) is 0.737. The molecule has 2 aliphatic carbocycles. The fourth-order valence-electron chi connectivity index (χ4n) is 3.58. The molecule has 1 heterocycles. The van der Waals surface area contributed by atoms with Gasteiger partial charge in [-0.05, 0) is 32.1 Å². The number of hydrogen-bond acceptors (Lipinski definition) is 3. The first-order valence-electron chi connectivity index (χ1n) is 9.93. The van der Waals surface area contributed by atoms with Crippen LogP contribution in [0.1, 0.15) is 63.6 Å². The summed E-state index contributed by atoms with van der Waals surface area (Å²) < 4.78 is 1.96. The quantitative estimate of drug-likeness (QED) is 0.698. The molecule has 0 spiro atoms. The molecule has 1 aromatic heterocycles. The van der Waals surface area contributed by atoms with E-state index in [0.717, 1.165) is 31.5 Å². The number of imidazole rings is 1. The topological polar surface area (TPSA) is 79.3 Å². The largest absolute Gasteiger partial charge is 0.338 e. The van der Waals surface area contributed by atoms with Gasteiger partial charge in [-0.15, -0.1) is 0 Å². The van der Waals surface area contributed by atoms with Crippen LogP contribution in [-0.2, 0) is 18.4 Å². The zero-order chi connectivity index (χ0) is 18.4. The van der Waals surface area contributed by atoms with Crippen molar-refractivity contribution in [3.8, 4) is 0 Å². The van der Waals surface area contributed by atoms with Crippen LogP contribution in [0.3, 0.4) is 0 Å². The summed E-state index contributed by atoms with van der Waals surface area (Å²) in [7, 11) is 1.95. The van der Waals surface area contributed by atoms with Crippen molar-refractivity contribution >= 4 is 11.9 Å². The van der Waals surface area contributed by atoms with E-state index in [-0.39, 0.29) is 11.9 Å². The van der Waals surface area contributed by atoms with Crippen LogP contribution in [0.25, 0.3) is 0 Å². The van der Waals surface area contributed by atoms with Gasteiger partial charge in [-0.3, -0.25) is 4.79 Å². The van der Waals surface area contributed by atoms with E-state index < -0.39 is 0 Å². The lowest BCUT2D eigenvalue weighted by Gasteiger charge is -2.23. The lowest BCUT2D eigenvalue weighted by molar-refractivity contribution is -0.132. The van der Waals surface area contributed by atoms with Gasteiger partial charge >= 0.3 is 6.03 Å². The van der Waals surface area contributed by atoms with Crippen LogP contribution >= 0.6 is 0 Å². The van der Waals surface area contributed by atoms with Crippen molar-refractivity contribution in [1.82, 2.24) is 25.1 Å². The molecule has 3 amide bonds. The lowest BCUT2D eigenvalue weighted by atomic mass is 9.96. The number of hydrogen-bond donors (Lipinski definition) is 2. The van der Waals surface area contributed by atoms with Crippen molar-refractivity contribution in [2.24, 2.45) is 7.05 Å². The molecular formula is C19H31N5O2. The van der Waals surface area contributed by atoms with Crippen molar-refractivity contribution in [2.45, 2.75) is 76.4 Å². The Bertz CT molecular complexity index is 605. The third-order valence-electron chi connectivity index (χ3n) is 5.33. The molecule has 1 aromatic rings. The average molecular weight is 361 g/mol. The Morgan fingerprint density at radius 2 is 2.00 bits per heavy atom. The number of urea groups is 1. The summed E-state index contributed by atoms with van der Waals surface area (Å²) in [6.07, 6.45) is 12.8. The summed E-state index contributed by atoms with van der Waals surface area (Å²) in [4.78, 5) is 30.8. The molecule has 0 aliphatic heterocycles. The van der Waals surface area contributed by atoms with E-state index in [9.17, 15) is 9.59 Å². The number of carbonyl (C=O) groups excluding carboxylic acids is 2. The third-order valence-corrected chi connectivity index (χ3v) is 5.33. The van der Waals surface area contributed by atoms with Crippen LogP contribution in [-0.4, -0.2) is 45.0 Å². The lowest BCUT2D eigenvalue weighted by Crippen LogP contribution is -2.43. The molecule has 2 saturated carbocycles. The molecule has 0 radical (unpaired) electrons. The van der Waals surface area contributed by atoms with Gasteiger partial charge in [0, 0.05) is 44.5 Å². The summed E-state index contributed by atoms with van der Waals surface area (Å²) in [5.41, 5.74) is 0. The second-order valence-electron chi connectivity index (χ2n) is 7.55. The fourth-order valence-corrected chi connectivity index (χ4v) is 3.58. The van der Waals surface area contributed by atoms with Gasteiger partial charge in [0.25, 0.3) is 0 Å². The zero-order valence-corrected chi connectivity index (χ0v) is 15.7. The first-order chi connectivity index (χ1) is 12.6. The van der Waals surface area contributed by atoms with E-state index in [0.29, 0.717) is 38.0 Å².